The van der Waals surface area contributed by atoms with Crippen LogP contribution in [0.5, 0.6) is 5.75 Å². The zero-order valence-corrected chi connectivity index (χ0v) is 14.2. The Bertz CT molecular complexity index is 1100. The summed E-state index contributed by atoms with van der Waals surface area (Å²) in [6.07, 6.45) is 1.78. The van der Waals surface area contributed by atoms with Crippen LogP contribution in [0.1, 0.15) is 6.92 Å². The number of benzene rings is 3. The van der Waals surface area contributed by atoms with Gasteiger partial charge in [-0.1, -0.05) is 18.2 Å². The number of carbonyl (C=O) groups excluding carboxylic acids is 1. The van der Waals surface area contributed by atoms with Crippen LogP contribution in [0.2, 0.25) is 0 Å². The van der Waals surface area contributed by atoms with E-state index in [-0.39, 0.29) is 11.7 Å². The molecule has 0 bridgehead atoms. The van der Waals surface area contributed by atoms with Gasteiger partial charge in [-0.25, -0.2) is 4.98 Å². The maximum atomic E-state index is 11.1. The van der Waals surface area contributed by atoms with Crippen molar-refractivity contribution >= 4 is 22.6 Å². The molecule has 0 saturated heterocycles. The van der Waals surface area contributed by atoms with Crippen LogP contribution in [0.15, 0.2) is 73.1 Å². The zero-order valence-electron chi connectivity index (χ0n) is 14.2. The van der Waals surface area contributed by atoms with Crippen molar-refractivity contribution in [2.75, 3.05) is 5.32 Å². The number of phenolic OH excluding ortho intramolecular Hbond substituents is 1. The van der Waals surface area contributed by atoms with Gasteiger partial charge in [0.1, 0.15) is 12.1 Å². The molecular formula is C21H17N3O2. The molecule has 0 atom stereocenters. The lowest BCUT2D eigenvalue weighted by molar-refractivity contribution is -0.114. The van der Waals surface area contributed by atoms with Gasteiger partial charge < -0.3 is 10.4 Å². The Balaban J connectivity index is 1.70. The molecule has 1 heterocycles. The third kappa shape index (κ3) is 3.02. The molecule has 26 heavy (non-hydrogen) atoms. The monoisotopic (exact) mass is 343 g/mol. The molecule has 1 amide bonds. The highest BCUT2D eigenvalue weighted by Crippen LogP contribution is 2.27. The Hall–Kier alpha value is -3.60. The fourth-order valence-corrected chi connectivity index (χ4v) is 2.99. The highest BCUT2D eigenvalue weighted by atomic mass is 16.3. The number of hydrogen-bond donors (Lipinski definition) is 2. The summed E-state index contributed by atoms with van der Waals surface area (Å²) in [6.45, 7) is 1.49. The molecule has 3 aromatic carbocycles. The second-order valence-electron chi connectivity index (χ2n) is 6.10. The van der Waals surface area contributed by atoms with Gasteiger partial charge in [-0.05, 0) is 59.7 Å². The Morgan fingerprint density at radius 2 is 1.77 bits per heavy atom. The largest absolute Gasteiger partial charge is 0.508 e. The van der Waals surface area contributed by atoms with Gasteiger partial charge in [-0.3, -0.25) is 9.36 Å². The number of anilines is 1. The summed E-state index contributed by atoms with van der Waals surface area (Å²) in [6, 6.07) is 20.8. The summed E-state index contributed by atoms with van der Waals surface area (Å²) >= 11 is 0. The van der Waals surface area contributed by atoms with Crippen molar-refractivity contribution < 1.29 is 9.90 Å². The Morgan fingerprint density at radius 3 is 2.50 bits per heavy atom. The van der Waals surface area contributed by atoms with Gasteiger partial charge >= 0.3 is 0 Å². The number of hydrogen-bond acceptors (Lipinski definition) is 3. The number of nitrogens with zero attached hydrogens (tertiary/aromatic N) is 2. The molecule has 0 aliphatic rings. The van der Waals surface area contributed by atoms with Gasteiger partial charge in [0.25, 0.3) is 0 Å². The molecule has 0 aliphatic heterocycles. The van der Waals surface area contributed by atoms with Crippen LogP contribution in [0, 0.1) is 0 Å². The van der Waals surface area contributed by atoms with E-state index in [0.29, 0.717) is 0 Å². The second-order valence-corrected chi connectivity index (χ2v) is 6.10. The first-order chi connectivity index (χ1) is 12.6. The predicted octanol–water partition coefficient (Wildman–Crippen LogP) is 4.36. The molecule has 0 aliphatic carbocycles. The number of carbonyl (C=O) groups is 1. The number of nitrogens with one attached hydrogen (secondary N) is 1. The van der Waals surface area contributed by atoms with Crippen molar-refractivity contribution in [1.29, 1.82) is 0 Å². The minimum absolute atomic E-state index is 0.0923. The van der Waals surface area contributed by atoms with E-state index in [9.17, 15) is 9.90 Å². The summed E-state index contributed by atoms with van der Waals surface area (Å²) in [5, 5.41) is 12.4. The van der Waals surface area contributed by atoms with Gasteiger partial charge in [-0.2, -0.15) is 0 Å². The highest BCUT2D eigenvalue weighted by molar-refractivity contribution is 5.89. The van der Waals surface area contributed by atoms with Crippen molar-refractivity contribution in [2.45, 2.75) is 6.92 Å². The summed E-state index contributed by atoms with van der Waals surface area (Å²) in [5.74, 6) is 0.151. The molecule has 4 aromatic rings. The van der Waals surface area contributed by atoms with Crippen LogP contribution < -0.4 is 5.32 Å². The number of imidazole rings is 1. The van der Waals surface area contributed by atoms with E-state index in [0.717, 1.165) is 33.5 Å². The molecule has 0 radical (unpaired) electrons. The average molecular weight is 343 g/mol. The van der Waals surface area contributed by atoms with Crippen LogP contribution in [0.3, 0.4) is 0 Å². The molecule has 0 saturated carbocycles. The second kappa shape index (κ2) is 6.37. The topological polar surface area (TPSA) is 67.2 Å². The minimum atomic E-state index is -0.0923. The average Bonchev–Trinajstić information content (AvgIpc) is 3.05. The Labute approximate surface area is 150 Å². The van der Waals surface area contributed by atoms with Crippen molar-refractivity contribution in [3.05, 3.63) is 73.1 Å². The normalized spacial score (nSPS) is 10.8. The Morgan fingerprint density at radius 1 is 1.00 bits per heavy atom. The standard InChI is InChI=1S/C21H17N3O2/c1-14(25)23-17-6-8-18(9-7-17)24-13-22-20-12-16(5-10-21(20)24)15-3-2-4-19(26)11-15/h2-13,26H,1H3,(H,23,25). The molecular weight excluding hydrogens is 326 g/mol. The maximum Gasteiger partial charge on any atom is 0.221 e. The number of fused-ring (bicyclic) bond motifs is 1. The van der Waals surface area contributed by atoms with Crippen LogP contribution in [-0.2, 0) is 4.79 Å². The lowest BCUT2D eigenvalue weighted by atomic mass is 10.0. The van der Waals surface area contributed by atoms with Gasteiger partial charge in [0.15, 0.2) is 0 Å². The van der Waals surface area contributed by atoms with Crippen molar-refractivity contribution in [1.82, 2.24) is 9.55 Å². The van der Waals surface area contributed by atoms with E-state index in [4.69, 9.17) is 0 Å². The zero-order chi connectivity index (χ0) is 18.1. The van der Waals surface area contributed by atoms with E-state index in [2.05, 4.69) is 10.3 Å². The smallest absolute Gasteiger partial charge is 0.221 e. The first kappa shape index (κ1) is 15.9. The number of aromatic hydroxyl groups is 1. The lowest BCUT2D eigenvalue weighted by Gasteiger charge is -2.07. The fourth-order valence-electron chi connectivity index (χ4n) is 2.99. The molecule has 0 spiro atoms. The third-order valence-electron chi connectivity index (χ3n) is 4.19. The minimum Gasteiger partial charge on any atom is -0.508 e. The third-order valence-corrected chi connectivity index (χ3v) is 4.19. The first-order valence-electron chi connectivity index (χ1n) is 8.25. The number of aromatic nitrogens is 2. The molecule has 5 nitrogen and oxygen atoms in total. The van der Waals surface area contributed by atoms with Gasteiger partial charge in [0.2, 0.25) is 5.91 Å². The van der Waals surface area contributed by atoms with Gasteiger partial charge in [0.05, 0.1) is 11.0 Å². The van der Waals surface area contributed by atoms with E-state index in [1.807, 2.05) is 59.2 Å². The summed E-state index contributed by atoms with van der Waals surface area (Å²) in [7, 11) is 0. The predicted molar refractivity (Wildman–Crippen MR) is 102 cm³/mol. The van der Waals surface area contributed by atoms with E-state index in [1.165, 1.54) is 6.92 Å². The van der Waals surface area contributed by atoms with Crippen molar-refractivity contribution in [2.24, 2.45) is 0 Å². The van der Waals surface area contributed by atoms with Crippen LogP contribution in [0.25, 0.3) is 27.8 Å². The summed E-state index contributed by atoms with van der Waals surface area (Å²) < 4.78 is 2.00. The van der Waals surface area contributed by atoms with Crippen LogP contribution in [-0.4, -0.2) is 20.6 Å². The van der Waals surface area contributed by atoms with Gasteiger partial charge in [0, 0.05) is 18.3 Å². The molecule has 128 valence electrons. The van der Waals surface area contributed by atoms with E-state index in [1.54, 1.807) is 18.5 Å². The SMILES string of the molecule is CC(=O)Nc1ccc(-n2cnc3cc(-c4cccc(O)c4)ccc32)cc1. The summed E-state index contributed by atoms with van der Waals surface area (Å²) in [5.41, 5.74) is 5.53. The van der Waals surface area contributed by atoms with E-state index >= 15 is 0 Å². The van der Waals surface area contributed by atoms with Gasteiger partial charge in [-0.15, -0.1) is 0 Å². The number of rotatable bonds is 3. The molecule has 2 N–H and O–H groups in total. The first-order valence-corrected chi connectivity index (χ1v) is 8.25. The summed E-state index contributed by atoms with van der Waals surface area (Å²) in [4.78, 5) is 15.6. The van der Waals surface area contributed by atoms with Crippen molar-refractivity contribution in [3.8, 4) is 22.6 Å². The molecule has 4 rings (SSSR count). The van der Waals surface area contributed by atoms with Crippen molar-refractivity contribution in [3.63, 3.8) is 0 Å². The number of phenols is 1. The molecule has 5 heteroatoms. The highest BCUT2D eigenvalue weighted by Gasteiger charge is 2.07. The lowest BCUT2D eigenvalue weighted by Crippen LogP contribution is -2.05. The fraction of sp³-hybridized carbons (Fsp3) is 0.0476. The van der Waals surface area contributed by atoms with Crippen LogP contribution in [0.4, 0.5) is 5.69 Å². The molecule has 0 unspecified atom stereocenters. The number of amides is 1. The molecule has 1 aromatic heterocycles. The maximum absolute atomic E-state index is 11.1. The van der Waals surface area contributed by atoms with E-state index < -0.39 is 0 Å². The van der Waals surface area contributed by atoms with Crippen LogP contribution >= 0.6 is 0 Å². The molecule has 0 fully saturated rings. The Kier molecular flexibility index (Phi) is 3.89. The quantitative estimate of drug-likeness (QED) is 0.581.